The lowest BCUT2D eigenvalue weighted by atomic mass is 10.0. The molecule has 2 aromatic carbocycles. The molecule has 2 heterocycles. The summed E-state index contributed by atoms with van der Waals surface area (Å²) in [6.07, 6.45) is 0.192. The van der Waals surface area contributed by atoms with Crippen molar-refractivity contribution in [3.63, 3.8) is 0 Å². The van der Waals surface area contributed by atoms with Gasteiger partial charge in [0.1, 0.15) is 23.5 Å². The van der Waals surface area contributed by atoms with Gasteiger partial charge in [0.25, 0.3) is 0 Å². The van der Waals surface area contributed by atoms with E-state index >= 15 is 0 Å². The van der Waals surface area contributed by atoms with Crippen molar-refractivity contribution < 1.29 is 23.1 Å². The molecule has 0 aliphatic rings. The van der Waals surface area contributed by atoms with Crippen molar-refractivity contribution in [1.82, 2.24) is 0 Å². The molecule has 7 nitrogen and oxygen atoms in total. The van der Waals surface area contributed by atoms with E-state index in [1.54, 1.807) is 18.2 Å². The molecular weight excluding hydrogens is 412 g/mol. The number of hydrogen-bond donors (Lipinski definition) is 0. The van der Waals surface area contributed by atoms with E-state index in [2.05, 4.69) is 0 Å². The second-order valence-corrected chi connectivity index (χ2v) is 7.61. The van der Waals surface area contributed by atoms with Crippen LogP contribution in [0.4, 0.5) is 0 Å². The first-order valence-electron chi connectivity index (χ1n) is 10.1. The van der Waals surface area contributed by atoms with Crippen LogP contribution in [0.25, 0.3) is 21.9 Å². The number of carbonyl (C=O) groups is 1. The fourth-order valence-electron chi connectivity index (χ4n) is 3.70. The molecule has 32 heavy (non-hydrogen) atoms. The lowest BCUT2D eigenvalue weighted by Crippen LogP contribution is -2.14. The Kier molecular flexibility index (Phi) is 5.81. The largest absolute Gasteiger partial charge is 0.497 e. The summed E-state index contributed by atoms with van der Waals surface area (Å²) >= 11 is 0. The van der Waals surface area contributed by atoms with Gasteiger partial charge in [-0.3, -0.25) is 4.79 Å². The van der Waals surface area contributed by atoms with E-state index in [0.717, 1.165) is 16.5 Å². The van der Waals surface area contributed by atoms with Gasteiger partial charge in [-0.1, -0.05) is 12.1 Å². The van der Waals surface area contributed by atoms with Crippen molar-refractivity contribution in [2.24, 2.45) is 0 Å². The van der Waals surface area contributed by atoms with Crippen LogP contribution in [0.5, 0.6) is 5.75 Å². The van der Waals surface area contributed by atoms with Gasteiger partial charge in [-0.05, 0) is 49.6 Å². The van der Waals surface area contributed by atoms with Crippen molar-refractivity contribution in [2.75, 3.05) is 7.11 Å². The minimum Gasteiger partial charge on any atom is -0.497 e. The van der Waals surface area contributed by atoms with Crippen LogP contribution in [-0.4, -0.2) is 13.1 Å². The third-order valence-electron chi connectivity index (χ3n) is 5.45. The molecule has 0 atom stereocenters. The quantitative estimate of drug-likeness (QED) is 0.331. The van der Waals surface area contributed by atoms with E-state index in [0.29, 0.717) is 33.4 Å². The van der Waals surface area contributed by atoms with Gasteiger partial charge in [0, 0.05) is 40.5 Å². The third-order valence-corrected chi connectivity index (χ3v) is 5.45. The zero-order valence-corrected chi connectivity index (χ0v) is 18.0. The average molecular weight is 434 g/mol. The van der Waals surface area contributed by atoms with E-state index in [-0.39, 0.29) is 19.4 Å². The van der Waals surface area contributed by atoms with Crippen LogP contribution in [0.3, 0.4) is 0 Å². The maximum absolute atomic E-state index is 12.5. The minimum atomic E-state index is -0.504. The highest BCUT2D eigenvalue weighted by molar-refractivity contribution is 5.83. The molecule has 0 aliphatic carbocycles. The molecule has 164 valence electrons. The maximum atomic E-state index is 12.5. The third kappa shape index (κ3) is 4.27. The molecule has 4 aromatic rings. The topological polar surface area (TPSA) is 96.0 Å². The lowest BCUT2D eigenvalue weighted by molar-refractivity contribution is -0.144. The molecule has 0 saturated carbocycles. The van der Waals surface area contributed by atoms with Crippen LogP contribution in [0.15, 0.2) is 60.9 Å². The molecule has 0 aliphatic heterocycles. The van der Waals surface area contributed by atoms with Crippen molar-refractivity contribution in [2.45, 2.75) is 33.3 Å². The van der Waals surface area contributed by atoms with E-state index in [4.69, 9.17) is 18.3 Å². The van der Waals surface area contributed by atoms with Crippen LogP contribution in [-0.2, 0) is 22.6 Å². The Hall–Kier alpha value is -3.87. The number of esters is 1. The van der Waals surface area contributed by atoms with Gasteiger partial charge in [-0.2, -0.15) is 0 Å². The molecule has 0 radical (unpaired) electrons. The van der Waals surface area contributed by atoms with E-state index in [9.17, 15) is 14.4 Å². The molecule has 4 rings (SSSR count). The fourth-order valence-corrected chi connectivity index (χ4v) is 3.70. The summed E-state index contributed by atoms with van der Waals surface area (Å²) in [5.74, 6) is 0.112. The van der Waals surface area contributed by atoms with E-state index in [1.807, 2.05) is 32.0 Å². The Morgan fingerprint density at radius 1 is 0.938 bits per heavy atom. The fraction of sp³-hybridized carbons (Fsp3) is 0.240. The molecule has 0 spiro atoms. The number of fused-ring (bicyclic) bond motifs is 2. The standard InChI is InChI=1S/C25H22O7/c1-14-4-6-20-16(11-24(27)31-21(20)10-14)13-30-23(26)9-8-19-15(2)18-7-5-17(29-3)12-22(18)32-25(19)28/h4-7,10-12H,8-9,13H2,1-3H3. The van der Waals surface area contributed by atoms with Gasteiger partial charge < -0.3 is 18.3 Å². The summed E-state index contributed by atoms with van der Waals surface area (Å²) in [5.41, 5.74) is 2.61. The van der Waals surface area contributed by atoms with E-state index in [1.165, 1.54) is 13.2 Å². The monoisotopic (exact) mass is 434 g/mol. The van der Waals surface area contributed by atoms with Crippen LogP contribution in [0.2, 0.25) is 0 Å². The second kappa shape index (κ2) is 8.70. The Bertz CT molecular complexity index is 1440. The number of benzene rings is 2. The lowest BCUT2D eigenvalue weighted by Gasteiger charge is -2.10. The van der Waals surface area contributed by atoms with Gasteiger partial charge in [0.2, 0.25) is 0 Å². The summed E-state index contributed by atoms with van der Waals surface area (Å²) in [4.78, 5) is 36.6. The minimum absolute atomic E-state index is 0.00570. The molecular formula is C25H22O7. The highest BCUT2D eigenvalue weighted by Gasteiger charge is 2.15. The Morgan fingerprint density at radius 2 is 1.69 bits per heavy atom. The highest BCUT2D eigenvalue weighted by Crippen LogP contribution is 2.25. The first-order valence-corrected chi connectivity index (χ1v) is 10.1. The van der Waals surface area contributed by atoms with Crippen molar-refractivity contribution in [3.05, 3.63) is 85.6 Å². The number of methoxy groups -OCH3 is 1. The molecule has 0 bridgehead atoms. The molecule has 0 unspecified atom stereocenters. The highest BCUT2D eigenvalue weighted by atomic mass is 16.5. The number of carbonyl (C=O) groups excluding carboxylic acids is 1. The predicted octanol–water partition coefficient (Wildman–Crippen LogP) is 4.20. The van der Waals surface area contributed by atoms with Crippen LogP contribution in [0.1, 0.15) is 28.7 Å². The number of rotatable bonds is 6. The molecule has 2 aromatic heterocycles. The normalized spacial score (nSPS) is 11.1. The molecule has 0 amide bonds. The Balaban J connectivity index is 1.48. The van der Waals surface area contributed by atoms with Gasteiger partial charge in [0.05, 0.1) is 7.11 Å². The summed E-state index contributed by atoms with van der Waals surface area (Å²) < 4.78 is 21.2. The zero-order valence-electron chi connectivity index (χ0n) is 18.0. The first-order chi connectivity index (χ1) is 15.4. The predicted molar refractivity (Wildman–Crippen MR) is 119 cm³/mol. The van der Waals surface area contributed by atoms with Gasteiger partial charge in [-0.25, -0.2) is 9.59 Å². The number of aryl methyl sites for hydroxylation is 2. The van der Waals surface area contributed by atoms with Crippen LogP contribution >= 0.6 is 0 Å². The summed E-state index contributed by atoms with van der Waals surface area (Å²) in [5, 5.41) is 1.50. The van der Waals surface area contributed by atoms with Crippen molar-refractivity contribution in [3.8, 4) is 5.75 Å². The Morgan fingerprint density at radius 3 is 2.47 bits per heavy atom. The second-order valence-electron chi connectivity index (χ2n) is 7.61. The molecule has 7 heteroatoms. The Labute approximate surface area is 183 Å². The summed E-state index contributed by atoms with van der Waals surface area (Å²) in [6.45, 7) is 3.66. The molecule has 0 saturated heterocycles. The number of ether oxygens (including phenoxy) is 2. The molecule has 0 N–H and O–H groups in total. The SMILES string of the molecule is COc1ccc2c(C)c(CCC(=O)OCc3cc(=O)oc4cc(C)ccc34)c(=O)oc2c1. The van der Waals surface area contributed by atoms with Crippen LogP contribution < -0.4 is 16.0 Å². The van der Waals surface area contributed by atoms with E-state index < -0.39 is 17.2 Å². The number of hydrogen-bond acceptors (Lipinski definition) is 7. The summed E-state index contributed by atoms with van der Waals surface area (Å²) in [7, 11) is 1.54. The smallest absolute Gasteiger partial charge is 0.339 e. The van der Waals surface area contributed by atoms with Crippen molar-refractivity contribution >= 4 is 27.9 Å². The van der Waals surface area contributed by atoms with Crippen molar-refractivity contribution in [1.29, 1.82) is 0 Å². The average Bonchev–Trinajstić information content (AvgIpc) is 2.76. The summed E-state index contributed by atoms with van der Waals surface area (Å²) in [6, 6.07) is 12.1. The van der Waals surface area contributed by atoms with Gasteiger partial charge in [0.15, 0.2) is 0 Å². The zero-order chi connectivity index (χ0) is 22.8. The maximum Gasteiger partial charge on any atom is 0.339 e. The first kappa shape index (κ1) is 21.4. The van der Waals surface area contributed by atoms with Crippen LogP contribution in [0, 0.1) is 13.8 Å². The van der Waals surface area contributed by atoms with Gasteiger partial charge in [-0.15, -0.1) is 0 Å². The van der Waals surface area contributed by atoms with Gasteiger partial charge >= 0.3 is 17.2 Å². The molecule has 0 fully saturated rings.